The molecule has 1 unspecified atom stereocenters. The minimum atomic E-state index is 0.292. The molecule has 2 rings (SSSR count). The Morgan fingerprint density at radius 1 is 1.00 bits per heavy atom. The van der Waals surface area contributed by atoms with E-state index in [9.17, 15) is 0 Å². The van der Waals surface area contributed by atoms with Gasteiger partial charge in [-0.2, -0.15) is 0 Å². The molecule has 2 saturated carbocycles. The van der Waals surface area contributed by atoms with Crippen LogP contribution in [0.2, 0.25) is 0 Å². The molecule has 106 valence electrons. The van der Waals surface area contributed by atoms with Crippen LogP contribution in [-0.2, 0) is 0 Å². The van der Waals surface area contributed by atoms with Crippen LogP contribution in [0.3, 0.4) is 0 Å². The lowest BCUT2D eigenvalue weighted by atomic mass is 9.75. The van der Waals surface area contributed by atoms with Crippen LogP contribution >= 0.6 is 0 Å². The first-order chi connectivity index (χ1) is 8.70. The van der Waals surface area contributed by atoms with Crippen LogP contribution in [-0.4, -0.2) is 30.6 Å². The number of nitrogens with one attached hydrogen (secondary N) is 1. The molecule has 0 amide bonds. The monoisotopic (exact) mass is 253 g/mol. The minimum Gasteiger partial charge on any atom is -0.302 e. The van der Waals surface area contributed by atoms with Crippen molar-refractivity contribution in [2.45, 2.75) is 75.8 Å². The zero-order valence-corrected chi connectivity index (χ0v) is 12.3. The van der Waals surface area contributed by atoms with Gasteiger partial charge < -0.3 is 4.90 Å². The molecule has 0 aromatic heterocycles. The van der Waals surface area contributed by atoms with Crippen molar-refractivity contribution in [3.05, 3.63) is 0 Å². The first-order valence-corrected chi connectivity index (χ1v) is 7.84. The van der Waals surface area contributed by atoms with Crippen LogP contribution in [0.15, 0.2) is 0 Å². The van der Waals surface area contributed by atoms with E-state index in [1.54, 1.807) is 0 Å². The molecule has 2 fully saturated rings. The second-order valence-electron chi connectivity index (χ2n) is 6.60. The summed E-state index contributed by atoms with van der Waals surface area (Å²) in [5.41, 5.74) is 3.51. The van der Waals surface area contributed by atoms with Crippen molar-refractivity contribution in [3.8, 4) is 0 Å². The molecule has 0 aliphatic heterocycles. The predicted octanol–water partition coefficient (Wildman–Crippen LogP) is 2.66. The number of nitrogens with zero attached hydrogens (tertiary/aromatic N) is 1. The average molecular weight is 253 g/mol. The Kier molecular flexibility index (Phi) is 5.05. The Hall–Kier alpha value is -0.120. The highest BCUT2D eigenvalue weighted by molar-refractivity contribution is 5.02. The molecule has 0 saturated heterocycles. The van der Waals surface area contributed by atoms with E-state index >= 15 is 0 Å². The van der Waals surface area contributed by atoms with E-state index in [0.717, 1.165) is 5.92 Å². The van der Waals surface area contributed by atoms with Gasteiger partial charge in [0, 0.05) is 11.6 Å². The Bertz CT molecular complexity index is 238. The van der Waals surface area contributed by atoms with E-state index in [1.807, 2.05) is 0 Å². The maximum absolute atomic E-state index is 5.98. The van der Waals surface area contributed by atoms with Gasteiger partial charge in [0.25, 0.3) is 0 Å². The second-order valence-corrected chi connectivity index (χ2v) is 6.60. The van der Waals surface area contributed by atoms with Crippen molar-refractivity contribution in [1.29, 1.82) is 0 Å². The summed E-state index contributed by atoms with van der Waals surface area (Å²) in [7, 11) is 4.51. The molecule has 18 heavy (non-hydrogen) atoms. The van der Waals surface area contributed by atoms with Crippen molar-refractivity contribution in [3.63, 3.8) is 0 Å². The van der Waals surface area contributed by atoms with Crippen molar-refractivity contribution in [2.75, 3.05) is 14.1 Å². The summed E-state index contributed by atoms with van der Waals surface area (Å²) >= 11 is 0. The Balaban J connectivity index is 2.19. The number of hydrogen-bond acceptors (Lipinski definition) is 3. The van der Waals surface area contributed by atoms with Crippen LogP contribution in [0.25, 0.3) is 0 Å². The number of hydrogen-bond donors (Lipinski definition) is 2. The van der Waals surface area contributed by atoms with Gasteiger partial charge in [0.1, 0.15) is 0 Å². The third-order valence-electron chi connectivity index (χ3n) is 5.49. The molecule has 0 aromatic carbocycles. The van der Waals surface area contributed by atoms with E-state index in [0.29, 0.717) is 11.6 Å². The van der Waals surface area contributed by atoms with Gasteiger partial charge in [-0.1, -0.05) is 38.5 Å². The van der Waals surface area contributed by atoms with Gasteiger partial charge in [-0.05, 0) is 45.7 Å². The van der Waals surface area contributed by atoms with E-state index in [2.05, 4.69) is 24.4 Å². The SMILES string of the molecule is CN(C)C1(C(NN)C2CCCC2)CCCCCC1. The summed E-state index contributed by atoms with van der Waals surface area (Å²) in [6.45, 7) is 0. The summed E-state index contributed by atoms with van der Waals surface area (Å²) < 4.78 is 0. The third-order valence-corrected chi connectivity index (χ3v) is 5.49. The zero-order chi connectivity index (χ0) is 13.0. The number of hydrazine groups is 1. The first kappa shape index (κ1) is 14.3. The van der Waals surface area contributed by atoms with Gasteiger partial charge in [0.15, 0.2) is 0 Å². The van der Waals surface area contributed by atoms with Gasteiger partial charge in [0.05, 0.1) is 0 Å². The smallest absolute Gasteiger partial charge is 0.0422 e. The van der Waals surface area contributed by atoms with Gasteiger partial charge in [-0.25, -0.2) is 0 Å². The molecule has 3 N–H and O–H groups in total. The van der Waals surface area contributed by atoms with Crippen LogP contribution < -0.4 is 11.3 Å². The maximum Gasteiger partial charge on any atom is 0.0422 e. The normalized spacial score (nSPS) is 27.3. The average Bonchev–Trinajstić information content (AvgIpc) is 2.75. The Morgan fingerprint density at radius 2 is 1.56 bits per heavy atom. The lowest BCUT2D eigenvalue weighted by Crippen LogP contribution is -2.63. The highest BCUT2D eigenvalue weighted by Gasteiger charge is 2.44. The molecule has 2 aliphatic rings. The fourth-order valence-electron chi connectivity index (χ4n) is 4.40. The molecule has 0 spiro atoms. The van der Waals surface area contributed by atoms with Crippen LogP contribution in [0.1, 0.15) is 64.2 Å². The van der Waals surface area contributed by atoms with E-state index in [4.69, 9.17) is 5.84 Å². The number of rotatable bonds is 4. The highest BCUT2D eigenvalue weighted by atomic mass is 15.3. The van der Waals surface area contributed by atoms with Crippen molar-refractivity contribution < 1.29 is 0 Å². The molecule has 0 bridgehead atoms. The summed E-state index contributed by atoms with van der Waals surface area (Å²) in [5, 5.41) is 0. The number of nitrogens with two attached hydrogens (primary N) is 1. The van der Waals surface area contributed by atoms with Crippen molar-refractivity contribution >= 4 is 0 Å². The lowest BCUT2D eigenvalue weighted by molar-refractivity contribution is 0.0533. The Labute approximate surface area is 112 Å². The predicted molar refractivity (Wildman–Crippen MR) is 77.2 cm³/mol. The van der Waals surface area contributed by atoms with Gasteiger partial charge >= 0.3 is 0 Å². The highest BCUT2D eigenvalue weighted by Crippen LogP contribution is 2.40. The molecule has 2 aliphatic carbocycles. The largest absolute Gasteiger partial charge is 0.302 e. The molecular weight excluding hydrogens is 222 g/mol. The summed E-state index contributed by atoms with van der Waals surface area (Å²) in [5.74, 6) is 6.77. The molecule has 0 radical (unpaired) electrons. The molecule has 0 aromatic rings. The van der Waals surface area contributed by atoms with Gasteiger partial charge in [-0.15, -0.1) is 0 Å². The standard InChI is InChI=1S/C15H31N3/c1-18(2)15(11-7-3-4-8-12-15)14(17-16)13-9-5-6-10-13/h13-14,17H,3-12,16H2,1-2H3. The fraction of sp³-hybridized carbons (Fsp3) is 1.00. The van der Waals surface area contributed by atoms with E-state index < -0.39 is 0 Å². The van der Waals surface area contributed by atoms with Crippen molar-refractivity contribution in [2.24, 2.45) is 11.8 Å². The molecule has 3 nitrogen and oxygen atoms in total. The molecule has 3 heteroatoms. The van der Waals surface area contributed by atoms with Crippen LogP contribution in [0, 0.1) is 5.92 Å². The van der Waals surface area contributed by atoms with Crippen LogP contribution in [0.4, 0.5) is 0 Å². The lowest BCUT2D eigenvalue weighted by Gasteiger charge is -2.48. The first-order valence-electron chi connectivity index (χ1n) is 7.84. The topological polar surface area (TPSA) is 41.3 Å². The van der Waals surface area contributed by atoms with E-state index in [-0.39, 0.29) is 0 Å². The fourth-order valence-corrected chi connectivity index (χ4v) is 4.40. The summed E-state index contributed by atoms with van der Waals surface area (Å²) in [6, 6.07) is 0.480. The Morgan fingerprint density at radius 3 is 2.00 bits per heavy atom. The summed E-state index contributed by atoms with van der Waals surface area (Å²) in [6.07, 6.45) is 13.7. The molecular formula is C15H31N3. The zero-order valence-electron chi connectivity index (χ0n) is 12.3. The quantitative estimate of drug-likeness (QED) is 0.460. The summed E-state index contributed by atoms with van der Waals surface area (Å²) in [4.78, 5) is 2.47. The van der Waals surface area contributed by atoms with E-state index in [1.165, 1.54) is 64.2 Å². The maximum atomic E-state index is 5.98. The molecule has 1 atom stereocenters. The number of likely N-dealkylation sites (N-methyl/N-ethyl adjacent to an activating group) is 1. The second kappa shape index (κ2) is 6.36. The van der Waals surface area contributed by atoms with Gasteiger partial charge in [-0.3, -0.25) is 11.3 Å². The molecule has 0 heterocycles. The van der Waals surface area contributed by atoms with Gasteiger partial charge in [0.2, 0.25) is 0 Å². The minimum absolute atomic E-state index is 0.292. The third kappa shape index (κ3) is 2.73. The van der Waals surface area contributed by atoms with Crippen molar-refractivity contribution in [1.82, 2.24) is 10.3 Å². The van der Waals surface area contributed by atoms with Crippen LogP contribution in [0.5, 0.6) is 0 Å².